The van der Waals surface area contributed by atoms with Crippen LogP contribution in [0.15, 0.2) is 152 Å². The Balaban J connectivity index is 0.000000600. The molecule has 0 atom stereocenters. The quantitative estimate of drug-likeness (QED) is 0.0192. The Bertz CT molecular complexity index is 3390. The van der Waals surface area contributed by atoms with Crippen LogP contribution < -0.4 is 18.6 Å². The van der Waals surface area contributed by atoms with E-state index >= 15 is 0 Å². The van der Waals surface area contributed by atoms with Gasteiger partial charge in [0.2, 0.25) is 22.1 Å². The van der Waals surface area contributed by atoms with Gasteiger partial charge in [0.15, 0.2) is 0 Å². The molecule has 0 saturated carbocycles. The van der Waals surface area contributed by atoms with Gasteiger partial charge in [-0.25, -0.2) is 4.68 Å². The van der Waals surface area contributed by atoms with Crippen LogP contribution in [0.1, 0.15) is 5.69 Å². The van der Waals surface area contributed by atoms with Crippen molar-refractivity contribution in [1.29, 1.82) is 0 Å². The molecule has 3 heterocycles. The van der Waals surface area contributed by atoms with Crippen molar-refractivity contribution in [3.8, 4) is 33.8 Å². The van der Waals surface area contributed by atoms with Crippen molar-refractivity contribution in [1.82, 2.24) is 15.0 Å². The van der Waals surface area contributed by atoms with Gasteiger partial charge in [0, 0.05) is 35.4 Å². The number of hydrogen-bond acceptors (Lipinski definition) is 9. The van der Waals surface area contributed by atoms with Crippen molar-refractivity contribution in [3.63, 3.8) is 0 Å². The summed E-state index contributed by atoms with van der Waals surface area (Å²) >= 11 is 0. The minimum absolute atomic E-state index is 0.358. The van der Waals surface area contributed by atoms with Crippen LogP contribution in [0, 0.1) is 0 Å². The molecule has 3 aromatic heterocycles. The monoisotopic (exact) mass is 1190 g/mol. The van der Waals surface area contributed by atoms with Crippen molar-refractivity contribution < 1.29 is 92.7 Å². The molecule has 0 unspecified atom stereocenters. The van der Waals surface area contributed by atoms with E-state index in [-0.39, 0.29) is 0 Å². The molecule has 0 spiro atoms. The number of hydrogen-bond donors (Lipinski definition) is 0. The van der Waals surface area contributed by atoms with E-state index in [4.69, 9.17) is 33.2 Å². The second-order valence-electron chi connectivity index (χ2n) is 18.1. The first kappa shape index (κ1) is 61.8. The van der Waals surface area contributed by atoms with Crippen LogP contribution in [0.2, 0.25) is 0 Å². The molecular formula is C55H57F12N5O7P2. The molecule has 6 aromatic carbocycles. The minimum atomic E-state index is -10.7. The van der Waals surface area contributed by atoms with E-state index in [9.17, 15) is 50.4 Å². The Kier molecular flexibility index (Phi) is 18.9. The summed E-state index contributed by atoms with van der Waals surface area (Å²) in [7, 11) is -17.1. The first-order chi connectivity index (χ1) is 38.0. The van der Waals surface area contributed by atoms with Crippen LogP contribution in [0.4, 0.5) is 50.4 Å². The molecule has 0 bridgehead atoms. The molecule has 0 N–H and O–H groups in total. The fourth-order valence-corrected chi connectivity index (χ4v) is 8.56. The van der Waals surface area contributed by atoms with Crippen molar-refractivity contribution in [2.75, 3.05) is 72.7 Å². The average molecular weight is 1190 g/mol. The number of para-hydroxylation sites is 4. The topological polar surface area (TPSA) is 103 Å². The van der Waals surface area contributed by atoms with Gasteiger partial charge in [-0.15, -0.1) is 5.10 Å². The number of benzene rings is 6. The van der Waals surface area contributed by atoms with Gasteiger partial charge in [-0.1, -0.05) is 78.0 Å². The molecule has 438 valence electrons. The van der Waals surface area contributed by atoms with Crippen molar-refractivity contribution in [2.24, 2.45) is 14.1 Å². The van der Waals surface area contributed by atoms with E-state index in [1.54, 1.807) is 4.68 Å². The second kappa shape index (κ2) is 24.7. The van der Waals surface area contributed by atoms with Gasteiger partial charge in [-0.05, 0) is 59.7 Å². The molecule has 9 aromatic rings. The van der Waals surface area contributed by atoms with Crippen molar-refractivity contribution in [3.05, 3.63) is 157 Å². The summed E-state index contributed by atoms with van der Waals surface area (Å²) in [4.78, 5) is 0. The van der Waals surface area contributed by atoms with E-state index in [0.717, 1.165) is 28.3 Å². The number of rotatable bonds is 24. The summed E-state index contributed by atoms with van der Waals surface area (Å²) in [6, 6.07) is 50.8. The molecule has 9 rings (SSSR count). The van der Waals surface area contributed by atoms with E-state index in [0.29, 0.717) is 85.8 Å². The normalized spacial score (nSPS) is 13.6. The zero-order chi connectivity index (χ0) is 58.4. The number of aromatic nitrogens is 5. The predicted octanol–water partition coefficient (Wildman–Crippen LogP) is 15.4. The fraction of sp³-hybridized carbons (Fsp3) is 0.273. The Morgan fingerprint density at radius 2 is 0.679 bits per heavy atom. The molecular weight excluding hydrogens is 1130 g/mol. The molecule has 81 heavy (non-hydrogen) atoms. The summed E-state index contributed by atoms with van der Waals surface area (Å²) in [6.45, 7) is 6.11. The van der Waals surface area contributed by atoms with E-state index in [1.807, 2.05) is 30.5 Å². The molecule has 0 aliphatic heterocycles. The van der Waals surface area contributed by atoms with E-state index < -0.39 is 15.6 Å². The van der Waals surface area contributed by atoms with Crippen LogP contribution in [-0.2, 0) is 50.9 Å². The molecule has 0 saturated heterocycles. The molecule has 0 radical (unpaired) electrons. The third kappa shape index (κ3) is 21.2. The zero-order valence-corrected chi connectivity index (χ0v) is 45.4. The molecule has 0 amide bonds. The molecule has 12 nitrogen and oxygen atoms in total. The number of pyridine rings is 2. The second-order valence-corrected chi connectivity index (χ2v) is 21.9. The van der Waals surface area contributed by atoms with Gasteiger partial charge in [0.25, 0.3) is 0 Å². The standard InChI is InChI=1S/C55H57N5O7.2F6P/c1-58-50-15-7-3-11-46(50)54(47-12-4-8-16-51(47)58)41-19-23-44(24-20-41)66-37-35-63-30-29-61-28-27-60-39-43(56-57-60)40-65-34-33-62-31-32-64-36-38-67-45-25-21-42(22-26-45)55-48-13-5-9-17-52(48)59(2)53-18-10-6-14-49(53)55;2*1-7(2,3,4,5)6/h3-26,39H,27-38,40H2,1-2H3;;/q+2;2*-1. The van der Waals surface area contributed by atoms with Crippen LogP contribution >= 0.6 is 15.6 Å². The third-order valence-electron chi connectivity index (χ3n) is 11.8. The van der Waals surface area contributed by atoms with Crippen LogP contribution in [-0.4, -0.2) is 87.7 Å². The summed E-state index contributed by atoms with van der Waals surface area (Å²) < 4.78 is 165. The first-order valence-electron chi connectivity index (χ1n) is 25.0. The molecule has 0 aliphatic carbocycles. The van der Waals surface area contributed by atoms with Crippen LogP contribution in [0.25, 0.3) is 65.9 Å². The van der Waals surface area contributed by atoms with Crippen molar-refractivity contribution in [2.45, 2.75) is 13.2 Å². The van der Waals surface area contributed by atoms with Crippen molar-refractivity contribution >= 4 is 59.2 Å². The Morgan fingerprint density at radius 1 is 0.383 bits per heavy atom. The van der Waals surface area contributed by atoms with Gasteiger partial charge in [-0.3, -0.25) is 0 Å². The van der Waals surface area contributed by atoms with Gasteiger partial charge < -0.3 is 33.2 Å². The summed E-state index contributed by atoms with van der Waals surface area (Å²) in [5, 5.41) is 13.3. The summed E-state index contributed by atoms with van der Waals surface area (Å²) in [5.74, 6) is 1.62. The SMILES string of the molecule is C[n+]1c2ccccc2c(-c2ccc(OCCOCCOCCOCc3cn(CCOCCOCCOc4ccc(-c5c6ccccc6[n+](C)c6ccccc56)cc4)nn3)cc2)c2ccccc21.F[P-](F)(F)(F)(F)F.F[P-](F)(F)(F)(F)F. The average Bonchev–Trinajstić information content (AvgIpc) is 3.86. The maximum absolute atomic E-state index is 10.7. The Morgan fingerprint density at radius 3 is 1.02 bits per heavy atom. The predicted molar refractivity (Wildman–Crippen MR) is 287 cm³/mol. The number of aryl methyl sites for hydroxylation is 2. The Labute approximate surface area is 456 Å². The van der Waals surface area contributed by atoms with Crippen LogP contribution in [0.5, 0.6) is 11.5 Å². The number of ether oxygens (including phenoxy) is 7. The summed E-state index contributed by atoms with van der Waals surface area (Å²) in [5.41, 5.74) is 10.3. The molecule has 0 fully saturated rings. The number of halogens is 12. The Hall–Kier alpha value is -6.78. The van der Waals surface area contributed by atoms with Gasteiger partial charge in [0.05, 0.1) is 100 Å². The molecule has 26 heteroatoms. The van der Waals surface area contributed by atoms with E-state index in [2.05, 4.69) is 155 Å². The van der Waals surface area contributed by atoms with Gasteiger partial charge >= 0.3 is 66.0 Å². The molecule has 0 aliphatic rings. The third-order valence-corrected chi connectivity index (χ3v) is 11.8. The summed E-state index contributed by atoms with van der Waals surface area (Å²) in [6.07, 6.45) is 1.87. The number of nitrogens with zero attached hydrogens (tertiary/aromatic N) is 5. The van der Waals surface area contributed by atoms with Gasteiger partial charge in [0.1, 0.15) is 44.5 Å². The van der Waals surface area contributed by atoms with Crippen LogP contribution in [0.3, 0.4) is 0 Å². The first-order valence-corrected chi connectivity index (χ1v) is 29.0. The number of fused-ring (bicyclic) bond motifs is 4. The van der Waals surface area contributed by atoms with Gasteiger partial charge in [-0.2, -0.15) is 9.13 Å². The van der Waals surface area contributed by atoms with E-state index in [1.165, 1.54) is 54.7 Å². The maximum atomic E-state index is 9.87. The fourth-order valence-electron chi connectivity index (χ4n) is 8.56. The zero-order valence-electron chi connectivity index (χ0n) is 43.6.